The molecular formula is C11H19NO2S. The molecule has 0 radical (unpaired) electrons. The van der Waals surface area contributed by atoms with Crippen LogP contribution < -0.4 is 5.32 Å². The van der Waals surface area contributed by atoms with Crippen molar-refractivity contribution in [1.29, 1.82) is 0 Å². The van der Waals surface area contributed by atoms with E-state index in [1.165, 1.54) is 31.1 Å². The topological polar surface area (TPSA) is 46.2 Å². The molecule has 0 bridgehead atoms. The second-order valence-electron chi connectivity index (χ2n) is 4.64. The zero-order valence-electron chi connectivity index (χ0n) is 9.15. The van der Waals surface area contributed by atoms with Crippen LogP contribution in [0.3, 0.4) is 0 Å². The van der Waals surface area contributed by atoms with Crippen LogP contribution in [-0.2, 0) is 9.84 Å². The zero-order chi connectivity index (χ0) is 10.9. The van der Waals surface area contributed by atoms with Gasteiger partial charge in [0, 0.05) is 17.5 Å². The van der Waals surface area contributed by atoms with Crippen LogP contribution in [0.2, 0.25) is 0 Å². The zero-order valence-corrected chi connectivity index (χ0v) is 9.96. The minimum absolute atomic E-state index is 0.0483. The Morgan fingerprint density at radius 1 is 1.40 bits per heavy atom. The highest BCUT2D eigenvalue weighted by Gasteiger charge is 2.30. The molecule has 1 aliphatic heterocycles. The molecule has 0 saturated heterocycles. The van der Waals surface area contributed by atoms with Crippen molar-refractivity contribution in [1.82, 2.24) is 5.32 Å². The van der Waals surface area contributed by atoms with Crippen LogP contribution in [0.25, 0.3) is 0 Å². The van der Waals surface area contributed by atoms with E-state index in [-0.39, 0.29) is 11.8 Å². The molecule has 0 aromatic carbocycles. The summed E-state index contributed by atoms with van der Waals surface area (Å²) in [6.45, 7) is 2.21. The Morgan fingerprint density at radius 3 is 2.80 bits per heavy atom. The van der Waals surface area contributed by atoms with Crippen molar-refractivity contribution in [3.8, 4) is 0 Å². The Morgan fingerprint density at radius 2 is 2.20 bits per heavy atom. The summed E-state index contributed by atoms with van der Waals surface area (Å²) in [5.74, 6) is 0.988. The first-order chi connectivity index (χ1) is 7.11. The van der Waals surface area contributed by atoms with Crippen LogP contribution in [0.15, 0.2) is 11.5 Å². The lowest BCUT2D eigenvalue weighted by atomic mass is 10.00. The number of hydrogen-bond acceptors (Lipinski definition) is 3. The van der Waals surface area contributed by atoms with E-state index >= 15 is 0 Å². The first-order valence-electron chi connectivity index (χ1n) is 5.78. The molecule has 15 heavy (non-hydrogen) atoms. The van der Waals surface area contributed by atoms with Gasteiger partial charge < -0.3 is 5.32 Å². The molecule has 0 amide bonds. The van der Waals surface area contributed by atoms with Gasteiger partial charge in [0.25, 0.3) is 0 Å². The number of hydrogen-bond donors (Lipinski definition) is 1. The van der Waals surface area contributed by atoms with Crippen LogP contribution in [0.1, 0.15) is 32.6 Å². The molecule has 2 rings (SSSR count). The van der Waals surface area contributed by atoms with Gasteiger partial charge in [0.15, 0.2) is 9.84 Å². The SMILES string of the molecule is CCC1CCCC1NC1C=CS(=O)(=O)C1. The summed E-state index contributed by atoms with van der Waals surface area (Å²) >= 11 is 0. The van der Waals surface area contributed by atoms with Gasteiger partial charge in [-0.15, -0.1) is 0 Å². The first kappa shape index (κ1) is 11.1. The van der Waals surface area contributed by atoms with E-state index in [9.17, 15) is 8.42 Å². The smallest absolute Gasteiger partial charge is 0.173 e. The minimum atomic E-state index is -2.90. The molecule has 86 valence electrons. The molecule has 2 aliphatic rings. The van der Waals surface area contributed by atoms with Gasteiger partial charge in [0.1, 0.15) is 0 Å². The fourth-order valence-corrected chi connectivity index (χ4v) is 3.95. The molecule has 3 nitrogen and oxygen atoms in total. The molecule has 3 unspecified atom stereocenters. The highest BCUT2D eigenvalue weighted by molar-refractivity contribution is 7.94. The fourth-order valence-electron chi connectivity index (χ4n) is 2.70. The van der Waals surface area contributed by atoms with Gasteiger partial charge in [-0.2, -0.15) is 0 Å². The second kappa shape index (κ2) is 4.26. The number of rotatable bonds is 3. The molecular weight excluding hydrogens is 210 g/mol. The van der Waals surface area contributed by atoms with Crippen LogP contribution in [0.4, 0.5) is 0 Å². The molecule has 1 N–H and O–H groups in total. The van der Waals surface area contributed by atoms with E-state index in [4.69, 9.17) is 0 Å². The van der Waals surface area contributed by atoms with Crippen LogP contribution >= 0.6 is 0 Å². The summed E-state index contributed by atoms with van der Waals surface area (Å²) in [5, 5.41) is 4.82. The fraction of sp³-hybridized carbons (Fsp3) is 0.818. The van der Waals surface area contributed by atoms with E-state index in [1.54, 1.807) is 6.08 Å². The van der Waals surface area contributed by atoms with Gasteiger partial charge in [-0.25, -0.2) is 8.42 Å². The average Bonchev–Trinajstić information content (AvgIpc) is 2.73. The largest absolute Gasteiger partial charge is 0.306 e. The summed E-state index contributed by atoms with van der Waals surface area (Å²) < 4.78 is 22.5. The molecule has 0 aromatic heterocycles. The molecule has 1 aliphatic carbocycles. The predicted molar refractivity (Wildman–Crippen MR) is 61.3 cm³/mol. The Balaban J connectivity index is 1.91. The Hall–Kier alpha value is -0.350. The summed E-state index contributed by atoms with van der Waals surface area (Å²) in [6.07, 6.45) is 6.75. The highest BCUT2D eigenvalue weighted by atomic mass is 32.2. The van der Waals surface area contributed by atoms with Gasteiger partial charge in [-0.3, -0.25) is 0 Å². The van der Waals surface area contributed by atoms with Crippen molar-refractivity contribution in [3.63, 3.8) is 0 Å². The molecule has 4 heteroatoms. The first-order valence-corrected chi connectivity index (χ1v) is 7.49. The highest BCUT2D eigenvalue weighted by Crippen LogP contribution is 2.28. The maximum Gasteiger partial charge on any atom is 0.173 e. The standard InChI is InChI=1S/C11H19NO2S/c1-2-9-4-3-5-11(9)12-10-6-7-15(13,14)8-10/h6-7,9-12H,2-5,8H2,1H3. The third-order valence-corrected chi connectivity index (χ3v) is 4.94. The molecule has 3 atom stereocenters. The number of sulfone groups is 1. The van der Waals surface area contributed by atoms with Gasteiger partial charge in [-0.1, -0.05) is 25.8 Å². The molecule has 1 heterocycles. The number of nitrogens with one attached hydrogen (secondary N) is 1. The van der Waals surface area contributed by atoms with Crippen LogP contribution in [0, 0.1) is 5.92 Å². The van der Waals surface area contributed by atoms with E-state index in [1.807, 2.05) is 0 Å². The third kappa shape index (κ3) is 2.61. The average molecular weight is 229 g/mol. The molecule has 0 aromatic rings. The summed E-state index contributed by atoms with van der Waals surface area (Å²) in [7, 11) is -2.90. The second-order valence-corrected chi connectivity index (χ2v) is 6.57. The lowest BCUT2D eigenvalue weighted by Gasteiger charge is -2.22. The monoisotopic (exact) mass is 229 g/mol. The Kier molecular flexibility index (Phi) is 3.16. The summed E-state index contributed by atoms with van der Waals surface area (Å²) in [5.41, 5.74) is 0. The van der Waals surface area contributed by atoms with Gasteiger partial charge in [-0.05, 0) is 18.8 Å². The molecule has 1 fully saturated rings. The van der Waals surface area contributed by atoms with Crippen molar-refractivity contribution >= 4 is 9.84 Å². The molecule has 0 spiro atoms. The van der Waals surface area contributed by atoms with Gasteiger partial charge in [0.05, 0.1) is 5.75 Å². The lowest BCUT2D eigenvalue weighted by molar-refractivity contribution is 0.378. The normalized spacial score (nSPS) is 38.6. The Bertz CT molecular complexity index is 348. The van der Waals surface area contributed by atoms with E-state index < -0.39 is 9.84 Å². The maximum atomic E-state index is 11.2. The van der Waals surface area contributed by atoms with Crippen molar-refractivity contribution < 1.29 is 8.42 Å². The summed E-state index contributed by atoms with van der Waals surface area (Å²) in [4.78, 5) is 0. The quantitative estimate of drug-likeness (QED) is 0.797. The van der Waals surface area contributed by atoms with E-state index in [2.05, 4.69) is 12.2 Å². The lowest BCUT2D eigenvalue weighted by Crippen LogP contribution is -2.40. The van der Waals surface area contributed by atoms with Gasteiger partial charge in [0.2, 0.25) is 0 Å². The van der Waals surface area contributed by atoms with E-state index in [0.717, 1.165) is 5.92 Å². The van der Waals surface area contributed by atoms with Gasteiger partial charge >= 0.3 is 0 Å². The molecule has 1 saturated carbocycles. The maximum absolute atomic E-state index is 11.2. The minimum Gasteiger partial charge on any atom is -0.306 e. The van der Waals surface area contributed by atoms with Crippen molar-refractivity contribution in [2.75, 3.05) is 5.75 Å². The van der Waals surface area contributed by atoms with Crippen molar-refractivity contribution in [2.24, 2.45) is 5.92 Å². The van der Waals surface area contributed by atoms with Crippen molar-refractivity contribution in [3.05, 3.63) is 11.5 Å². The van der Waals surface area contributed by atoms with Crippen LogP contribution in [-0.4, -0.2) is 26.3 Å². The predicted octanol–water partition coefficient (Wildman–Crippen LogP) is 1.47. The summed E-state index contributed by atoms with van der Waals surface area (Å²) in [6, 6.07) is 0.574. The van der Waals surface area contributed by atoms with Crippen LogP contribution in [0.5, 0.6) is 0 Å². The Labute approximate surface area is 91.9 Å². The van der Waals surface area contributed by atoms with E-state index in [0.29, 0.717) is 6.04 Å². The third-order valence-electron chi connectivity index (χ3n) is 3.54. The van der Waals surface area contributed by atoms with Crippen molar-refractivity contribution in [2.45, 2.75) is 44.7 Å².